The van der Waals surface area contributed by atoms with E-state index in [0.717, 1.165) is 10.5 Å². The number of imide groups is 2. The number of alkyl halides is 2. The Kier molecular flexibility index (Phi) is 6.78. The zero-order chi connectivity index (χ0) is 30.1. The number of phenolic OH excluding ortho intramolecular Hbond substituents is 2. The third-order valence-corrected chi connectivity index (χ3v) is 10.9. The Bertz CT molecular complexity index is 1570. The summed E-state index contributed by atoms with van der Waals surface area (Å²) in [5.74, 6) is -5.03. The van der Waals surface area contributed by atoms with Crippen LogP contribution in [0.15, 0.2) is 66.8 Å². The highest BCUT2D eigenvalue weighted by Gasteiger charge is 2.76. The monoisotopic (exact) mass is 608 g/mol. The SMILES string of the molecule is C=CCc1cccc([C@H]2C3=CC[C@@H]4C(=O)N(CCc5ccc(O)cc5)C(=O)[C@@H]4[C@@H]3C[C@@]3(Cl)C(=O)N(C)C(=O)[C@@]23Cl)c1O. The van der Waals surface area contributed by atoms with Crippen molar-refractivity contribution in [2.45, 2.75) is 41.3 Å². The van der Waals surface area contributed by atoms with E-state index in [0.29, 0.717) is 29.5 Å². The number of amides is 4. The van der Waals surface area contributed by atoms with Crippen LogP contribution in [0.4, 0.5) is 0 Å². The summed E-state index contributed by atoms with van der Waals surface area (Å²) < 4.78 is 0. The average Bonchev–Trinajstić information content (AvgIpc) is 3.29. The van der Waals surface area contributed by atoms with Gasteiger partial charge < -0.3 is 10.2 Å². The Hall–Kier alpha value is -3.62. The van der Waals surface area contributed by atoms with Crippen molar-refractivity contribution in [2.24, 2.45) is 17.8 Å². The van der Waals surface area contributed by atoms with Crippen LogP contribution < -0.4 is 0 Å². The van der Waals surface area contributed by atoms with Gasteiger partial charge in [0.2, 0.25) is 11.8 Å². The molecule has 0 aromatic heterocycles. The minimum atomic E-state index is -1.95. The lowest BCUT2D eigenvalue weighted by atomic mass is 9.56. The van der Waals surface area contributed by atoms with Gasteiger partial charge in [0.1, 0.15) is 11.5 Å². The molecule has 2 heterocycles. The number of carbonyl (C=O) groups excluding carboxylic acids is 4. The van der Waals surface area contributed by atoms with Gasteiger partial charge in [-0.15, -0.1) is 29.8 Å². The highest BCUT2D eigenvalue weighted by molar-refractivity contribution is 6.53. The second kappa shape index (κ2) is 9.99. The number of aromatic hydroxyl groups is 2. The van der Waals surface area contributed by atoms with Crippen LogP contribution in [0.3, 0.4) is 0 Å². The largest absolute Gasteiger partial charge is 0.508 e. The van der Waals surface area contributed by atoms with E-state index in [9.17, 15) is 29.4 Å². The minimum absolute atomic E-state index is 0.0794. The maximum atomic E-state index is 14.0. The summed E-state index contributed by atoms with van der Waals surface area (Å²) in [6.45, 7) is 3.91. The maximum absolute atomic E-state index is 14.0. The molecule has 4 amide bonds. The number of rotatable bonds is 6. The first-order valence-corrected chi connectivity index (χ1v) is 14.7. The number of para-hydroxylation sites is 1. The van der Waals surface area contributed by atoms with Gasteiger partial charge in [-0.2, -0.15) is 0 Å². The van der Waals surface area contributed by atoms with Gasteiger partial charge in [0.15, 0.2) is 9.75 Å². The van der Waals surface area contributed by atoms with Gasteiger partial charge in [0.25, 0.3) is 11.8 Å². The lowest BCUT2D eigenvalue weighted by molar-refractivity contribution is -0.141. The first kappa shape index (κ1) is 28.5. The van der Waals surface area contributed by atoms with Crippen LogP contribution in [0.5, 0.6) is 11.5 Å². The fraction of sp³-hybridized carbons (Fsp3) is 0.375. The molecule has 4 aliphatic rings. The summed E-state index contributed by atoms with van der Waals surface area (Å²) in [5, 5.41) is 21.0. The van der Waals surface area contributed by atoms with Crippen LogP contribution in [-0.2, 0) is 32.0 Å². The number of fused-ring (bicyclic) bond motifs is 4. The Morgan fingerprint density at radius 2 is 1.71 bits per heavy atom. The van der Waals surface area contributed by atoms with Crippen molar-refractivity contribution in [1.82, 2.24) is 9.80 Å². The summed E-state index contributed by atoms with van der Waals surface area (Å²) in [6, 6.07) is 11.7. The van der Waals surface area contributed by atoms with E-state index in [1.807, 2.05) is 6.08 Å². The first-order valence-electron chi connectivity index (χ1n) is 13.9. The standard InChI is InChI=1S/C32H30Cl2N2O6/c1-3-5-18-6-4-7-22(26(18)38)25-20-12-13-21-24(23(20)16-31(33)29(41)35(2)30(42)32(25,31)34)28(40)36(27(21)39)15-14-17-8-10-19(37)11-9-17/h3-4,6-12,21,23-25,37-38H,1,5,13-16H2,2H3/t21-,23+,24-,25+,31+,32-/m0/s1. The van der Waals surface area contributed by atoms with Gasteiger partial charge in [-0.3, -0.25) is 29.0 Å². The van der Waals surface area contributed by atoms with E-state index in [1.54, 1.807) is 48.5 Å². The smallest absolute Gasteiger partial charge is 0.253 e. The van der Waals surface area contributed by atoms with Crippen LogP contribution in [0.25, 0.3) is 0 Å². The van der Waals surface area contributed by atoms with Crippen molar-refractivity contribution in [2.75, 3.05) is 13.6 Å². The second-order valence-corrected chi connectivity index (χ2v) is 12.8. The highest BCUT2D eigenvalue weighted by Crippen LogP contribution is 2.66. The van der Waals surface area contributed by atoms with Gasteiger partial charge >= 0.3 is 0 Å². The topological polar surface area (TPSA) is 115 Å². The molecule has 2 aromatic carbocycles. The van der Waals surface area contributed by atoms with Crippen molar-refractivity contribution in [3.05, 3.63) is 83.5 Å². The van der Waals surface area contributed by atoms with E-state index in [-0.39, 0.29) is 42.7 Å². The molecule has 2 saturated heterocycles. The Morgan fingerprint density at radius 3 is 2.40 bits per heavy atom. The third kappa shape index (κ3) is 3.81. The molecular formula is C32H30Cl2N2O6. The highest BCUT2D eigenvalue weighted by atomic mass is 35.5. The molecule has 6 rings (SSSR count). The van der Waals surface area contributed by atoms with Crippen molar-refractivity contribution < 1.29 is 29.4 Å². The zero-order valence-corrected chi connectivity index (χ0v) is 24.4. The molecule has 10 heteroatoms. The minimum Gasteiger partial charge on any atom is -0.508 e. The van der Waals surface area contributed by atoms with E-state index < -0.39 is 45.2 Å². The molecule has 2 aliphatic heterocycles. The number of hydrogen-bond donors (Lipinski definition) is 2. The molecule has 0 spiro atoms. The van der Waals surface area contributed by atoms with Gasteiger partial charge in [0.05, 0.1) is 11.8 Å². The Labute approximate surface area is 253 Å². The van der Waals surface area contributed by atoms with Crippen molar-refractivity contribution in [3.63, 3.8) is 0 Å². The van der Waals surface area contributed by atoms with Gasteiger partial charge in [-0.1, -0.05) is 48.1 Å². The maximum Gasteiger partial charge on any atom is 0.253 e. The molecule has 8 nitrogen and oxygen atoms in total. The molecule has 0 unspecified atom stereocenters. The number of phenols is 2. The Morgan fingerprint density at radius 1 is 1.00 bits per heavy atom. The number of nitrogens with zero attached hydrogens (tertiary/aromatic N) is 2. The lowest BCUT2D eigenvalue weighted by Crippen LogP contribution is -2.60. The summed E-state index contributed by atoms with van der Waals surface area (Å²) in [6.07, 6.45) is 4.41. The van der Waals surface area contributed by atoms with Gasteiger partial charge in [-0.25, -0.2) is 0 Å². The van der Waals surface area contributed by atoms with Crippen LogP contribution in [-0.4, -0.2) is 67.0 Å². The zero-order valence-electron chi connectivity index (χ0n) is 22.9. The number of allylic oxidation sites excluding steroid dienone is 3. The third-order valence-electron chi connectivity index (χ3n) is 9.49. The van der Waals surface area contributed by atoms with Crippen molar-refractivity contribution in [1.29, 1.82) is 0 Å². The molecular weight excluding hydrogens is 579 g/mol. The van der Waals surface area contributed by atoms with Crippen molar-refractivity contribution in [3.8, 4) is 11.5 Å². The quantitative estimate of drug-likeness (QED) is 0.290. The normalized spacial score (nSPS) is 32.0. The number of carbonyl (C=O) groups is 4. The fourth-order valence-corrected chi connectivity index (χ4v) is 8.45. The van der Waals surface area contributed by atoms with E-state index >= 15 is 0 Å². The summed E-state index contributed by atoms with van der Waals surface area (Å²) in [4.78, 5) is 53.2. The van der Waals surface area contributed by atoms with Crippen molar-refractivity contribution >= 4 is 46.8 Å². The van der Waals surface area contributed by atoms with E-state index in [1.165, 1.54) is 11.9 Å². The molecule has 42 heavy (non-hydrogen) atoms. The van der Waals surface area contributed by atoms with Gasteiger partial charge in [-0.05, 0) is 54.9 Å². The molecule has 2 aliphatic carbocycles. The number of benzene rings is 2. The number of hydrogen-bond acceptors (Lipinski definition) is 6. The molecule has 218 valence electrons. The molecule has 2 aromatic rings. The number of likely N-dealkylation sites (tertiary alicyclic amines) is 2. The molecule has 0 bridgehead atoms. The van der Waals surface area contributed by atoms with E-state index in [2.05, 4.69) is 6.58 Å². The van der Waals surface area contributed by atoms with Crippen LogP contribution in [0.1, 0.15) is 35.4 Å². The van der Waals surface area contributed by atoms with E-state index in [4.69, 9.17) is 23.2 Å². The fourth-order valence-electron chi connectivity index (χ4n) is 7.44. The molecule has 1 saturated carbocycles. The van der Waals surface area contributed by atoms with Crippen LogP contribution in [0.2, 0.25) is 0 Å². The summed E-state index contributed by atoms with van der Waals surface area (Å²) in [5.41, 5.74) is 2.39. The average molecular weight is 610 g/mol. The van der Waals surface area contributed by atoms with Crippen LogP contribution >= 0.6 is 23.2 Å². The first-order chi connectivity index (χ1) is 20.0. The molecule has 0 radical (unpaired) electrons. The molecule has 2 N–H and O–H groups in total. The summed E-state index contributed by atoms with van der Waals surface area (Å²) in [7, 11) is 1.33. The van der Waals surface area contributed by atoms with Gasteiger partial charge in [0, 0.05) is 25.1 Å². The summed E-state index contributed by atoms with van der Waals surface area (Å²) >= 11 is 14.4. The second-order valence-electron chi connectivity index (χ2n) is 11.6. The predicted molar refractivity (Wildman–Crippen MR) is 156 cm³/mol. The van der Waals surface area contributed by atoms with Crippen LogP contribution in [0, 0.1) is 17.8 Å². The molecule has 3 fully saturated rings. The Balaban J connectivity index is 1.43. The number of halogens is 2. The predicted octanol–water partition coefficient (Wildman–Crippen LogP) is 4.06. The lowest BCUT2D eigenvalue weighted by Gasteiger charge is -2.50. The molecule has 6 atom stereocenters.